The van der Waals surface area contributed by atoms with Gasteiger partial charge in [-0.15, -0.1) is 0 Å². The quantitative estimate of drug-likeness (QED) is 0.0374. The molecule has 0 fully saturated rings. The number of aliphatic carboxylic acids is 1. The summed E-state index contributed by atoms with van der Waals surface area (Å²) in [5, 5.41) is 8.53. The molecule has 6 heteroatoms. The highest BCUT2D eigenvalue weighted by Gasteiger charge is 2.11. The van der Waals surface area contributed by atoms with E-state index in [4.69, 9.17) is 16.7 Å². The summed E-state index contributed by atoms with van der Waals surface area (Å²) in [4.78, 5) is 26.0. The summed E-state index contributed by atoms with van der Waals surface area (Å²) in [6.07, 6.45) is 77.3. The molecule has 0 aromatic heterocycles. The lowest BCUT2D eigenvalue weighted by Gasteiger charge is -2.19. The molecule has 0 spiro atoms. The van der Waals surface area contributed by atoms with Gasteiger partial charge in [0.25, 0.3) is 0 Å². The van der Waals surface area contributed by atoms with Crippen molar-refractivity contribution in [3.05, 3.63) is 48.6 Å². The monoisotopic (exact) mass is 1030 g/mol. The van der Waals surface area contributed by atoms with Gasteiger partial charge in [-0.2, -0.15) is 0 Å². The highest BCUT2D eigenvalue weighted by molar-refractivity contribution is 6.63. The Balaban J connectivity index is 0. The first-order chi connectivity index (χ1) is 35.1. The molecule has 1 N–H and O–H groups in total. The third kappa shape index (κ3) is 66.3. The van der Waals surface area contributed by atoms with Crippen LogP contribution in [0.1, 0.15) is 309 Å². The van der Waals surface area contributed by atoms with E-state index in [0.717, 1.165) is 50.4 Å². The number of hydrogen-bond acceptors (Lipinski definition) is 4. The second kappa shape index (κ2) is 61.9. The van der Waals surface area contributed by atoms with Crippen LogP contribution in [0.5, 0.6) is 0 Å². The van der Waals surface area contributed by atoms with Gasteiger partial charge in [-0.05, 0) is 155 Å². The summed E-state index contributed by atoms with van der Waals surface area (Å²) in [5.74, 6) is 1.13. The Morgan fingerprint density at radius 3 is 0.903 bits per heavy atom. The predicted molar refractivity (Wildman–Crippen MR) is 323 cm³/mol. The Kier molecular flexibility index (Phi) is 62.2. The van der Waals surface area contributed by atoms with Crippen molar-refractivity contribution in [2.24, 2.45) is 11.8 Å². The van der Waals surface area contributed by atoms with Crippen molar-refractivity contribution >= 4 is 22.8 Å². The van der Waals surface area contributed by atoms with Crippen LogP contribution in [0.15, 0.2) is 48.6 Å². The first-order valence-corrected chi connectivity index (χ1v) is 31.8. The van der Waals surface area contributed by atoms with Gasteiger partial charge in [0.1, 0.15) is 0 Å². The second-order valence-electron chi connectivity index (χ2n) is 22.4. The summed E-state index contributed by atoms with van der Waals surface area (Å²) in [6, 6.07) is 0. The van der Waals surface area contributed by atoms with Crippen molar-refractivity contribution in [3.8, 4) is 0 Å². The summed E-state index contributed by atoms with van der Waals surface area (Å²) in [6.45, 7) is 6.96. The van der Waals surface area contributed by atoms with Crippen molar-refractivity contribution in [1.82, 2.24) is 9.80 Å². The van der Waals surface area contributed by atoms with Crippen LogP contribution in [0, 0.1) is 11.8 Å². The minimum atomic E-state index is -0.654. The molecule has 0 aliphatic heterocycles. The molecule has 0 saturated heterocycles. The highest BCUT2D eigenvalue weighted by atomic mass is 35.5. The van der Waals surface area contributed by atoms with Gasteiger partial charge >= 0.3 is 5.97 Å². The van der Waals surface area contributed by atoms with Crippen molar-refractivity contribution in [1.29, 1.82) is 0 Å². The zero-order valence-electron chi connectivity index (χ0n) is 49.3. The largest absolute Gasteiger partial charge is 0.481 e. The van der Waals surface area contributed by atoms with Gasteiger partial charge in [0.2, 0.25) is 5.24 Å². The summed E-state index contributed by atoms with van der Waals surface area (Å²) >= 11 is 5.41. The topological polar surface area (TPSA) is 60.9 Å². The number of rotatable bonds is 56. The minimum Gasteiger partial charge on any atom is -0.481 e. The zero-order chi connectivity index (χ0) is 53.1. The molecular formula is C66H125ClN2O3. The van der Waals surface area contributed by atoms with Crippen molar-refractivity contribution < 1.29 is 14.7 Å². The van der Waals surface area contributed by atoms with Crippen LogP contribution in [0.2, 0.25) is 0 Å². The number of allylic oxidation sites excluding steroid dienone is 8. The van der Waals surface area contributed by atoms with Gasteiger partial charge in [-0.3, -0.25) is 9.59 Å². The minimum absolute atomic E-state index is 0.182. The highest BCUT2D eigenvalue weighted by Crippen LogP contribution is 2.24. The molecule has 424 valence electrons. The van der Waals surface area contributed by atoms with E-state index in [0.29, 0.717) is 12.8 Å². The van der Waals surface area contributed by atoms with Gasteiger partial charge < -0.3 is 14.9 Å². The summed E-state index contributed by atoms with van der Waals surface area (Å²) in [7, 11) is 8.78. The smallest absolute Gasteiger partial charge is 0.303 e. The molecule has 0 aromatic carbocycles. The lowest BCUT2D eigenvalue weighted by molar-refractivity contribution is -0.137. The van der Waals surface area contributed by atoms with E-state index in [1.165, 1.54) is 257 Å². The number of hydrogen-bond donors (Lipinski definition) is 1. The third-order valence-corrected chi connectivity index (χ3v) is 14.8. The number of halogens is 1. The Morgan fingerprint density at radius 1 is 0.361 bits per heavy atom. The van der Waals surface area contributed by atoms with E-state index in [2.05, 4.69) is 100 Å². The van der Waals surface area contributed by atoms with Gasteiger partial charge in [0.05, 0.1) is 0 Å². The summed E-state index contributed by atoms with van der Waals surface area (Å²) in [5.41, 5.74) is 0. The Bertz CT molecular complexity index is 1120. The maximum Gasteiger partial charge on any atom is 0.303 e. The van der Waals surface area contributed by atoms with Gasteiger partial charge in [0.15, 0.2) is 0 Å². The molecule has 0 radical (unpaired) electrons. The average molecular weight is 1030 g/mol. The number of carboxylic acids is 1. The second-order valence-corrected chi connectivity index (χ2v) is 22.9. The zero-order valence-corrected chi connectivity index (χ0v) is 50.0. The molecule has 0 amide bonds. The molecule has 0 rings (SSSR count). The number of carbonyl (C=O) groups excluding carboxylic acids is 1. The maximum atomic E-state index is 10.8. The van der Waals surface area contributed by atoms with Gasteiger partial charge in [0, 0.05) is 12.8 Å². The van der Waals surface area contributed by atoms with Crippen LogP contribution < -0.4 is 0 Å². The molecule has 0 heterocycles. The fraction of sp³-hybridized carbons (Fsp3) is 0.848. The fourth-order valence-electron chi connectivity index (χ4n) is 9.76. The maximum absolute atomic E-state index is 10.8. The standard InChI is InChI=1S/C33H62ClNO.C33H63NO2/c1-4-5-6-7-8-9-10-11-12-13-14-15-16-17-18-21-24-27-32(30-31-35(2)3)28-25-22-19-20-23-26-29-33(34)36;1-4-5-6-7-8-9-10-11-12-13-14-15-16-17-18-21-24-27-32(30-31-34(2)3)28-25-22-19-20-23-26-29-33(35)36/h8-9,11-12,32H,4-7,10,13-31H2,1-3H3;8-9,11-12,32H,4-7,10,13-31H2,1-3H3,(H,35,36)/b2*9-8-,12-11-. The molecule has 0 aliphatic carbocycles. The van der Waals surface area contributed by atoms with E-state index < -0.39 is 5.97 Å². The van der Waals surface area contributed by atoms with Gasteiger partial charge in [-0.1, -0.05) is 255 Å². The van der Waals surface area contributed by atoms with Crippen LogP contribution in [0.25, 0.3) is 0 Å². The number of carbonyl (C=O) groups is 2. The predicted octanol–water partition coefficient (Wildman–Crippen LogP) is 21.4. The first-order valence-electron chi connectivity index (χ1n) is 31.4. The number of carboxylic acid groups (broad SMARTS) is 1. The van der Waals surface area contributed by atoms with E-state index in [-0.39, 0.29) is 5.24 Å². The molecule has 72 heavy (non-hydrogen) atoms. The lowest BCUT2D eigenvalue weighted by Crippen LogP contribution is -2.17. The van der Waals surface area contributed by atoms with Crippen molar-refractivity contribution in [3.63, 3.8) is 0 Å². The van der Waals surface area contributed by atoms with E-state index in [1.807, 2.05) is 0 Å². The van der Waals surface area contributed by atoms with Crippen LogP contribution in [-0.2, 0) is 9.59 Å². The third-order valence-electron chi connectivity index (χ3n) is 14.6. The van der Waals surface area contributed by atoms with E-state index in [9.17, 15) is 9.59 Å². The lowest BCUT2D eigenvalue weighted by atomic mass is 9.91. The molecule has 5 nitrogen and oxygen atoms in total. The molecular weight excluding hydrogens is 904 g/mol. The molecule has 0 aromatic rings. The van der Waals surface area contributed by atoms with E-state index >= 15 is 0 Å². The molecule has 0 bridgehead atoms. The van der Waals surface area contributed by atoms with Crippen LogP contribution >= 0.6 is 11.6 Å². The Labute approximate surface area is 456 Å². The van der Waals surface area contributed by atoms with Crippen LogP contribution in [0.4, 0.5) is 0 Å². The average Bonchev–Trinajstić information content (AvgIpc) is 3.35. The molecule has 2 unspecified atom stereocenters. The number of nitrogens with zero attached hydrogens (tertiary/aromatic N) is 2. The summed E-state index contributed by atoms with van der Waals surface area (Å²) < 4.78 is 0. The molecule has 0 aliphatic rings. The van der Waals surface area contributed by atoms with Gasteiger partial charge in [-0.25, -0.2) is 0 Å². The Hall–Kier alpha value is -1.69. The Morgan fingerprint density at radius 2 is 0.625 bits per heavy atom. The fourth-order valence-corrected chi connectivity index (χ4v) is 9.90. The van der Waals surface area contributed by atoms with Crippen molar-refractivity contribution in [2.75, 3.05) is 41.3 Å². The molecule has 2 atom stereocenters. The first kappa shape index (κ1) is 72.4. The van der Waals surface area contributed by atoms with Crippen LogP contribution in [0.3, 0.4) is 0 Å². The molecule has 0 saturated carbocycles. The van der Waals surface area contributed by atoms with E-state index in [1.54, 1.807) is 0 Å². The van der Waals surface area contributed by atoms with Crippen molar-refractivity contribution in [2.45, 2.75) is 309 Å². The normalized spacial score (nSPS) is 12.9. The SMILES string of the molecule is CCCCC/C=C\C/C=C\CCCCCCCCCC(CCCCCCCCC(=O)Cl)CCN(C)C.CCCCC/C=C\C/C=C\CCCCCCCCCC(CCCCCCCCC(=O)O)CCN(C)C. The number of unbranched alkanes of at least 4 members (excludes halogenated alkanes) is 30. The van der Waals surface area contributed by atoms with Crippen LogP contribution in [-0.4, -0.2) is 67.4 Å².